The zero-order valence-electron chi connectivity index (χ0n) is 14.0. The highest BCUT2D eigenvalue weighted by Crippen LogP contribution is 2.18. The van der Waals surface area contributed by atoms with Gasteiger partial charge in [0.15, 0.2) is 5.78 Å². The van der Waals surface area contributed by atoms with E-state index in [1.807, 2.05) is 35.7 Å². The van der Waals surface area contributed by atoms with Gasteiger partial charge in [-0.2, -0.15) is 0 Å². The number of carbonyl (C=O) groups is 3. The molecule has 1 atom stereocenters. The second kappa shape index (κ2) is 7.61. The lowest BCUT2D eigenvalue weighted by atomic mass is 10.0. The summed E-state index contributed by atoms with van der Waals surface area (Å²) >= 11 is 1.35. The van der Waals surface area contributed by atoms with Crippen LogP contribution in [0.4, 0.5) is 0 Å². The number of amides is 2. The van der Waals surface area contributed by atoms with Crippen LogP contribution in [0.3, 0.4) is 0 Å². The Kier molecular flexibility index (Phi) is 5.28. The summed E-state index contributed by atoms with van der Waals surface area (Å²) in [6.07, 6.45) is 0.711. The van der Waals surface area contributed by atoms with Crippen molar-refractivity contribution in [2.24, 2.45) is 0 Å². The maximum absolute atomic E-state index is 12.8. The SMILES string of the molecule is CC(=O)c1cc(CC(=O)N2CCNC(=O)[C@H]2Cc2ccccc2)cs1. The first-order valence-corrected chi connectivity index (χ1v) is 9.12. The Labute approximate surface area is 150 Å². The van der Waals surface area contributed by atoms with Gasteiger partial charge in [-0.1, -0.05) is 30.3 Å². The lowest BCUT2D eigenvalue weighted by Gasteiger charge is -2.35. The van der Waals surface area contributed by atoms with Crippen molar-refractivity contribution in [1.82, 2.24) is 10.2 Å². The van der Waals surface area contributed by atoms with Crippen LogP contribution < -0.4 is 5.32 Å². The number of rotatable bonds is 5. The second-order valence-electron chi connectivity index (χ2n) is 6.14. The summed E-state index contributed by atoms with van der Waals surface area (Å²) in [5.74, 6) is -0.190. The third kappa shape index (κ3) is 4.14. The molecule has 1 aromatic heterocycles. The summed E-state index contributed by atoms with van der Waals surface area (Å²) in [6.45, 7) is 2.49. The number of Topliss-reactive ketones (excluding diaryl/α,β-unsaturated/α-hetero) is 1. The molecule has 0 radical (unpaired) electrons. The van der Waals surface area contributed by atoms with Crippen molar-refractivity contribution in [3.8, 4) is 0 Å². The van der Waals surface area contributed by atoms with E-state index in [1.54, 1.807) is 11.0 Å². The van der Waals surface area contributed by atoms with Gasteiger partial charge < -0.3 is 10.2 Å². The van der Waals surface area contributed by atoms with Gasteiger partial charge in [-0.25, -0.2) is 0 Å². The van der Waals surface area contributed by atoms with Gasteiger partial charge in [0.05, 0.1) is 11.3 Å². The van der Waals surface area contributed by atoms with Crippen LogP contribution in [0.15, 0.2) is 41.8 Å². The van der Waals surface area contributed by atoms with Gasteiger partial charge in [-0.3, -0.25) is 14.4 Å². The first-order valence-electron chi connectivity index (χ1n) is 8.24. The number of hydrogen-bond acceptors (Lipinski definition) is 4. The minimum absolute atomic E-state index is 0.00278. The maximum Gasteiger partial charge on any atom is 0.243 e. The van der Waals surface area contributed by atoms with Crippen LogP contribution >= 0.6 is 11.3 Å². The van der Waals surface area contributed by atoms with E-state index in [4.69, 9.17) is 0 Å². The summed E-state index contributed by atoms with van der Waals surface area (Å²) in [6, 6.07) is 11.0. The quantitative estimate of drug-likeness (QED) is 0.834. The molecule has 2 aromatic rings. The lowest BCUT2D eigenvalue weighted by Crippen LogP contribution is -2.58. The minimum Gasteiger partial charge on any atom is -0.353 e. The molecule has 2 amide bonds. The molecule has 3 rings (SSSR count). The Morgan fingerprint density at radius 1 is 1.24 bits per heavy atom. The number of piperazine rings is 1. The molecule has 0 bridgehead atoms. The van der Waals surface area contributed by atoms with E-state index in [1.165, 1.54) is 18.3 Å². The Morgan fingerprint density at radius 2 is 2.00 bits per heavy atom. The third-order valence-corrected chi connectivity index (χ3v) is 5.36. The van der Waals surface area contributed by atoms with Gasteiger partial charge in [0, 0.05) is 19.5 Å². The average Bonchev–Trinajstić information content (AvgIpc) is 3.06. The number of benzene rings is 1. The Hall–Kier alpha value is -2.47. The van der Waals surface area contributed by atoms with Crippen molar-refractivity contribution < 1.29 is 14.4 Å². The van der Waals surface area contributed by atoms with Crippen molar-refractivity contribution in [1.29, 1.82) is 0 Å². The van der Waals surface area contributed by atoms with Crippen LogP contribution in [-0.2, 0) is 22.4 Å². The topological polar surface area (TPSA) is 66.5 Å². The van der Waals surface area contributed by atoms with Crippen LogP contribution in [0.1, 0.15) is 27.7 Å². The second-order valence-corrected chi connectivity index (χ2v) is 7.05. The highest BCUT2D eigenvalue weighted by atomic mass is 32.1. The van der Waals surface area contributed by atoms with Crippen molar-refractivity contribution in [2.75, 3.05) is 13.1 Å². The molecule has 1 N–H and O–H groups in total. The number of thiophene rings is 1. The molecule has 0 saturated carbocycles. The van der Waals surface area contributed by atoms with E-state index < -0.39 is 6.04 Å². The predicted molar refractivity (Wildman–Crippen MR) is 96.7 cm³/mol. The normalized spacial score (nSPS) is 17.2. The summed E-state index contributed by atoms with van der Waals surface area (Å²) in [4.78, 5) is 38.8. The average molecular weight is 356 g/mol. The zero-order valence-corrected chi connectivity index (χ0v) is 14.8. The number of nitrogens with zero attached hydrogens (tertiary/aromatic N) is 1. The number of ketones is 1. The molecular formula is C19H20N2O3S. The first-order chi connectivity index (χ1) is 12.0. The molecule has 5 nitrogen and oxygen atoms in total. The molecule has 130 valence electrons. The fourth-order valence-electron chi connectivity index (χ4n) is 2.98. The standard InChI is InChI=1S/C19H20N2O3S/c1-13(22)17-10-15(12-25-17)11-18(23)21-8-7-20-19(24)16(21)9-14-5-3-2-4-6-14/h2-6,10,12,16H,7-9,11H2,1H3,(H,20,24)/t16-/m1/s1. The van der Waals surface area contributed by atoms with Crippen molar-refractivity contribution in [3.05, 3.63) is 57.8 Å². The fourth-order valence-corrected chi connectivity index (χ4v) is 3.80. The van der Waals surface area contributed by atoms with E-state index in [2.05, 4.69) is 5.32 Å². The van der Waals surface area contributed by atoms with Crippen LogP contribution in [0.2, 0.25) is 0 Å². The van der Waals surface area contributed by atoms with E-state index in [-0.39, 0.29) is 24.0 Å². The molecule has 1 aliphatic rings. The molecule has 1 aromatic carbocycles. The lowest BCUT2D eigenvalue weighted by molar-refractivity contribution is -0.142. The summed E-state index contributed by atoms with van der Waals surface area (Å²) in [5, 5.41) is 4.68. The summed E-state index contributed by atoms with van der Waals surface area (Å²) in [7, 11) is 0. The van der Waals surface area contributed by atoms with Crippen LogP contribution in [0.5, 0.6) is 0 Å². The van der Waals surface area contributed by atoms with E-state index >= 15 is 0 Å². The van der Waals surface area contributed by atoms with Gasteiger partial charge in [0.2, 0.25) is 11.8 Å². The molecule has 0 spiro atoms. The van der Waals surface area contributed by atoms with E-state index in [0.717, 1.165) is 11.1 Å². The first kappa shape index (κ1) is 17.4. The van der Waals surface area contributed by atoms with Crippen molar-refractivity contribution in [2.45, 2.75) is 25.8 Å². The third-order valence-electron chi connectivity index (χ3n) is 4.28. The van der Waals surface area contributed by atoms with Gasteiger partial charge in [0.25, 0.3) is 0 Å². The molecule has 2 heterocycles. The van der Waals surface area contributed by atoms with E-state index in [9.17, 15) is 14.4 Å². The molecule has 6 heteroatoms. The highest BCUT2D eigenvalue weighted by molar-refractivity contribution is 7.12. The van der Waals surface area contributed by atoms with Gasteiger partial charge >= 0.3 is 0 Å². The monoisotopic (exact) mass is 356 g/mol. The van der Waals surface area contributed by atoms with E-state index in [0.29, 0.717) is 24.4 Å². The number of nitrogens with one attached hydrogen (secondary N) is 1. The molecule has 1 saturated heterocycles. The smallest absolute Gasteiger partial charge is 0.243 e. The van der Waals surface area contributed by atoms with Gasteiger partial charge in [0.1, 0.15) is 6.04 Å². The Balaban J connectivity index is 1.73. The summed E-state index contributed by atoms with van der Waals surface area (Å²) in [5.41, 5.74) is 1.85. The highest BCUT2D eigenvalue weighted by Gasteiger charge is 2.33. The number of hydrogen-bond donors (Lipinski definition) is 1. The predicted octanol–water partition coefficient (Wildman–Crippen LogP) is 2.06. The largest absolute Gasteiger partial charge is 0.353 e. The van der Waals surface area contributed by atoms with Gasteiger partial charge in [-0.15, -0.1) is 11.3 Å². The Morgan fingerprint density at radius 3 is 2.68 bits per heavy atom. The zero-order chi connectivity index (χ0) is 17.8. The van der Waals surface area contributed by atoms with Crippen LogP contribution in [0, 0.1) is 0 Å². The van der Waals surface area contributed by atoms with Crippen molar-refractivity contribution in [3.63, 3.8) is 0 Å². The fraction of sp³-hybridized carbons (Fsp3) is 0.316. The van der Waals surface area contributed by atoms with Crippen LogP contribution in [-0.4, -0.2) is 41.6 Å². The summed E-state index contributed by atoms with van der Waals surface area (Å²) < 4.78 is 0. The number of carbonyl (C=O) groups excluding carboxylic acids is 3. The Bertz CT molecular complexity index is 785. The minimum atomic E-state index is -0.491. The molecule has 1 aliphatic heterocycles. The van der Waals surface area contributed by atoms with Crippen molar-refractivity contribution >= 4 is 28.9 Å². The molecule has 25 heavy (non-hydrogen) atoms. The van der Waals surface area contributed by atoms with Gasteiger partial charge in [-0.05, 0) is 29.5 Å². The molecule has 0 aliphatic carbocycles. The molecule has 1 fully saturated rings. The molecular weight excluding hydrogens is 336 g/mol. The van der Waals surface area contributed by atoms with Crippen LogP contribution in [0.25, 0.3) is 0 Å². The molecule has 0 unspecified atom stereocenters. The maximum atomic E-state index is 12.8.